The normalized spacial score (nSPS) is 10.7. The van der Waals surface area contributed by atoms with Gasteiger partial charge in [0.2, 0.25) is 0 Å². The van der Waals surface area contributed by atoms with Gasteiger partial charge in [-0.25, -0.2) is 0 Å². The fourth-order valence-electron chi connectivity index (χ4n) is 5.10. The number of methoxy groups -OCH3 is 5. The Morgan fingerprint density at radius 1 is 0.405 bits per heavy atom. The fraction of sp³-hybridized carbons (Fsp3) is 0.250. The molecule has 0 saturated heterocycles. The molecule has 0 aliphatic heterocycles. The smallest absolute Gasteiger partial charge is 0.135 e. The van der Waals surface area contributed by atoms with Gasteiger partial charge in [-0.05, 0) is 61.7 Å². The third-order valence-electron chi connectivity index (χ3n) is 6.80. The van der Waals surface area contributed by atoms with E-state index in [2.05, 4.69) is 39.0 Å². The molecule has 0 radical (unpaired) electrons. The summed E-state index contributed by atoms with van der Waals surface area (Å²) >= 11 is 0. The van der Waals surface area contributed by atoms with Crippen LogP contribution >= 0.6 is 0 Å². The van der Waals surface area contributed by atoms with E-state index in [1.807, 2.05) is 42.5 Å². The average molecular weight is 499 g/mol. The Balaban J connectivity index is 2.30. The first-order valence-corrected chi connectivity index (χ1v) is 12.1. The first-order chi connectivity index (χ1) is 17.9. The molecule has 0 unspecified atom stereocenters. The van der Waals surface area contributed by atoms with Gasteiger partial charge in [-0.2, -0.15) is 0 Å². The minimum atomic E-state index is 0.689. The molecule has 0 heterocycles. The molecule has 0 spiro atoms. The van der Waals surface area contributed by atoms with Gasteiger partial charge in [0.05, 0.1) is 35.5 Å². The molecule has 0 atom stereocenters. The van der Waals surface area contributed by atoms with Gasteiger partial charge >= 0.3 is 0 Å². The molecule has 0 aromatic heterocycles. The highest BCUT2D eigenvalue weighted by atomic mass is 16.5. The SMILES string of the molecule is COc1cccc(C)c1-c1cc(OC)c(-c2c(C)cccc2OC)c(-c2c(C)cccc2OC)c1OC. The van der Waals surface area contributed by atoms with Crippen LogP contribution in [0.2, 0.25) is 0 Å². The molecule has 5 heteroatoms. The fourth-order valence-corrected chi connectivity index (χ4v) is 5.10. The Morgan fingerprint density at radius 2 is 0.811 bits per heavy atom. The van der Waals surface area contributed by atoms with Crippen molar-refractivity contribution in [3.8, 4) is 62.1 Å². The number of hydrogen-bond acceptors (Lipinski definition) is 5. The van der Waals surface area contributed by atoms with Crippen LogP contribution in [0.3, 0.4) is 0 Å². The molecule has 192 valence electrons. The summed E-state index contributed by atoms with van der Waals surface area (Å²) in [7, 11) is 8.43. The molecule has 4 rings (SSSR count). The molecule has 0 fully saturated rings. The van der Waals surface area contributed by atoms with Crippen molar-refractivity contribution in [1.29, 1.82) is 0 Å². The largest absolute Gasteiger partial charge is 0.496 e. The predicted molar refractivity (Wildman–Crippen MR) is 150 cm³/mol. The highest BCUT2D eigenvalue weighted by molar-refractivity contribution is 6.01. The topological polar surface area (TPSA) is 46.2 Å². The highest BCUT2D eigenvalue weighted by Crippen LogP contribution is 2.56. The number of ether oxygens (including phenoxy) is 5. The van der Waals surface area contributed by atoms with Crippen molar-refractivity contribution in [1.82, 2.24) is 0 Å². The van der Waals surface area contributed by atoms with E-state index < -0.39 is 0 Å². The summed E-state index contributed by atoms with van der Waals surface area (Å²) in [6, 6.07) is 20.1. The Bertz CT molecular complexity index is 1440. The number of rotatable bonds is 8. The van der Waals surface area contributed by atoms with E-state index in [0.717, 1.165) is 67.3 Å². The van der Waals surface area contributed by atoms with Crippen LogP contribution in [0.5, 0.6) is 28.7 Å². The summed E-state index contributed by atoms with van der Waals surface area (Å²) in [4.78, 5) is 0. The summed E-state index contributed by atoms with van der Waals surface area (Å²) in [5.41, 5.74) is 8.56. The lowest BCUT2D eigenvalue weighted by Crippen LogP contribution is -2.04. The minimum Gasteiger partial charge on any atom is -0.496 e. The monoisotopic (exact) mass is 498 g/mol. The van der Waals surface area contributed by atoms with Crippen LogP contribution in [-0.2, 0) is 0 Å². The van der Waals surface area contributed by atoms with Gasteiger partial charge in [-0.15, -0.1) is 0 Å². The third-order valence-corrected chi connectivity index (χ3v) is 6.80. The van der Waals surface area contributed by atoms with Gasteiger partial charge in [0, 0.05) is 33.4 Å². The minimum absolute atomic E-state index is 0.689. The first kappa shape index (κ1) is 26.0. The Morgan fingerprint density at radius 3 is 1.24 bits per heavy atom. The average Bonchev–Trinajstić information content (AvgIpc) is 2.91. The zero-order valence-corrected chi connectivity index (χ0v) is 22.8. The molecule has 5 nitrogen and oxygen atoms in total. The Hall–Kier alpha value is -4.12. The van der Waals surface area contributed by atoms with Gasteiger partial charge in [0.1, 0.15) is 28.7 Å². The summed E-state index contributed by atoms with van der Waals surface area (Å²) in [6.07, 6.45) is 0. The van der Waals surface area contributed by atoms with Crippen molar-refractivity contribution in [3.63, 3.8) is 0 Å². The second-order valence-electron chi connectivity index (χ2n) is 8.87. The molecule has 0 N–H and O–H groups in total. The van der Waals surface area contributed by atoms with Gasteiger partial charge in [0.15, 0.2) is 0 Å². The van der Waals surface area contributed by atoms with E-state index in [0.29, 0.717) is 11.5 Å². The Labute approximate surface area is 219 Å². The third kappa shape index (κ3) is 4.46. The maximum atomic E-state index is 6.26. The molecule has 37 heavy (non-hydrogen) atoms. The Kier molecular flexibility index (Phi) is 7.63. The summed E-state index contributed by atoms with van der Waals surface area (Å²) in [6.45, 7) is 6.21. The number of benzene rings is 4. The zero-order valence-electron chi connectivity index (χ0n) is 22.8. The number of hydrogen-bond donors (Lipinski definition) is 0. The molecule has 0 aliphatic carbocycles. The number of aryl methyl sites for hydroxylation is 3. The van der Waals surface area contributed by atoms with E-state index in [4.69, 9.17) is 23.7 Å². The lowest BCUT2D eigenvalue weighted by Gasteiger charge is -2.26. The van der Waals surface area contributed by atoms with Gasteiger partial charge in [0.25, 0.3) is 0 Å². The van der Waals surface area contributed by atoms with Crippen molar-refractivity contribution >= 4 is 0 Å². The maximum Gasteiger partial charge on any atom is 0.135 e. The second-order valence-corrected chi connectivity index (χ2v) is 8.87. The van der Waals surface area contributed by atoms with Crippen molar-refractivity contribution in [2.45, 2.75) is 20.8 Å². The molecular formula is C32H34O5. The van der Waals surface area contributed by atoms with Gasteiger partial charge in [-0.1, -0.05) is 36.4 Å². The molecule has 4 aromatic rings. The van der Waals surface area contributed by atoms with E-state index in [-0.39, 0.29) is 0 Å². The van der Waals surface area contributed by atoms with Crippen molar-refractivity contribution < 1.29 is 23.7 Å². The standard InChI is InChI=1S/C32H34O5/c1-19-12-9-15-23(33-4)27(19)22-18-26(36-7)30(28-20(2)13-10-16-24(28)34-5)31(32(22)37-8)29-21(3)14-11-17-25(29)35-6/h9-18H,1-8H3. The van der Waals surface area contributed by atoms with Crippen LogP contribution in [0, 0.1) is 20.8 Å². The van der Waals surface area contributed by atoms with Crippen LogP contribution in [0.15, 0.2) is 60.7 Å². The molecule has 0 amide bonds. The van der Waals surface area contributed by atoms with Gasteiger partial charge in [-0.3, -0.25) is 0 Å². The van der Waals surface area contributed by atoms with Crippen LogP contribution in [0.1, 0.15) is 16.7 Å². The quantitative estimate of drug-likeness (QED) is 0.250. The van der Waals surface area contributed by atoms with Crippen LogP contribution in [-0.4, -0.2) is 35.5 Å². The lowest BCUT2D eigenvalue weighted by atomic mass is 9.84. The van der Waals surface area contributed by atoms with E-state index >= 15 is 0 Å². The highest BCUT2D eigenvalue weighted by Gasteiger charge is 2.29. The molecular weight excluding hydrogens is 464 g/mol. The summed E-state index contributed by atoms with van der Waals surface area (Å²) < 4.78 is 29.9. The zero-order chi connectivity index (χ0) is 26.7. The van der Waals surface area contributed by atoms with Crippen molar-refractivity contribution in [2.24, 2.45) is 0 Å². The van der Waals surface area contributed by atoms with Crippen LogP contribution in [0.25, 0.3) is 33.4 Å². The molecule has 0 saturated carbocycles. The summed E-state index contributed by atoms with van der Waals surface area (Å²) in [5, 5.41) is 0. The summed E-state index contributed by atoms with van der Waals surface area (Å²) in [5.74, 6) is 3.62. The van der Waals surface area contributed by atoms with Crippen LogP contribution in [0.4, 0.5) is 0 Å². The van der Waals surface area contributed by atoms with E-state index in [9.17, 15) is 0 Å². The van der Waals surface area contributed by atoms with Crippen LogP contribution < -0.4 is 23.7 Å². The van der Waals surface area contributed by atoms with Crippen molar-refractivity contribution in [2.75, 3.05) is 35.5 Å². The van der Waals surface area contributed by atoms with E-state index in [1.54, 1.807) is 35.5 Å². The first-order valence-electron chi connectivity index (χ1n) is 12.1. The van der Waals surface area contributed by atoms with E-state index in [1.165, 1.54) is 0 Å². The maximum absolute atomic E-state index is 6.26. The molecule has 0 bridgehead atoms. The van der Waals surface area contributed by atoms with Crippen molar-refractivity contribution in [3.05, 3.63) is 77.4 Å². The molecule has 4 aromatic carbocycles. The lowest BCUT2D eigenvalue weighted by molar-refractivity contribution is 0.401. The molecule has 0 aliphatic rings. The van der Waals surface area contributed by atoms with Gasteiger partial charge < -0.3 is 23.7 Å². The second kappa shape index (κ2) is 10.9. The predicted octanol–water partition coefficient (Wildman–Crippen LogP) is 7.66.